The molecule has 0 aliphatic carbocycles. The van der Waals surface area contributed by atoms with Crippen LogP contribution in [0.25, 0.3) is 0 Å². The van der Waals surface area contributed by atoms with E-state index in [1.54, 1.807) is 31.1 Å². The maximum atomic E-state index is 12.1. The van der Waals surface area contributed by atoms with Crippen molar-refractivity contribution in [2.75, 3.05) is 19.4 Å². The van der Waals surface area contributed by atoms with Crippen molar-refractivity contribution in [2.45, 2.75) is 32.7 Å². The SMILES string of the molecule is CCCC(C)N(C)C(=O)c1ccc(NC)nn1. The van der Waals surface area contributed by atoms with Crippen LogP contribution in [0.15, 0.2) is 12.1 Å². The van der Waals surface area contributed by atoms with Crippen molar-refractivity contribution in [1.82, 2.24) is 15.1 Å². The molecule has 1 N–H and O–H groups in total. The molecule has 1 heterocycles. The molecule has 0 aliphatic heterocycles. The summed E-state index contributed by atoms with van der Waals surface area (Å²) in [5.74, 6) is 0.576. The molecule has 0 spiro atoms. The summed E-state index contributed by atoms with van der Waals surface area (Å²) in [6.45, 7) is 4.15. The predicted molar refractivity (Wildman–Crippen MR) is 68.0 cm³/mol. The molecule has 1 aromatic heterocycles. The molecule has 0 saturated carbocycles. The summed E-state index contributed by atoms with van der Waals surface area (Å²) in [4.78, 5) is 13.8. The van der Waals surface area contributed by atoms with E-state index in [0.29, 0.717) is 11.5 Å². The normalized spacial score (nSPS) is 12.0. The molecule has 5 nitrogen and oxygen atoms in total. The van der Waals surface area contributed by atoms with Crippen molar-refractivity contribution in [3.63, 3.8) is 0 Å². The van der Waals surface area contributed by atoms with Crippen LogP contribution in [-0.4, -0.2) is 41.1 Å². The van der Waals surface area contributed by atoms with Crippen LogP contribution in [0.3, 0.4) is 0 Å². The predicted octanol–water partition coefficient (Wildman–Crippen LogP) is 1.78. The number of carbonyl (C=O) groups excluding carboxylic acids is 1. The third-order valence-corrected chi connectivity index (χ3v) is 2.83. The molecule has 0 radical (unpaired) electrons. The second-order valence-corrected chi connectivity index (χ2v) is 4.11. The van der Waals surface area contributed by atoms with Crippen LogP contribution in [0.2, 0.25) is 0 Å². The lowest BCUT2D eigenvalue weighted by Gasteiger charge is -2.24. The quantitative estimate of drug-likeness (QED) is 0.846. The van der Waals surface area contributed by atoms with E-state index in [1.807, 2.05) is 6.92 Å². The highest BCUT2D eigenvalue weighted by molar-refractivity contribution is 5.92. The van der Waals surface area contributed by atoms with Gasteiger partial charge in [0.25, 0.3) is 5.91 Å². The number of nitrogens with one attached hydrogen (secondary N) is 1. The minimum absolute atomic E-state index is 0.0823. The van der Waals surface area contributed by atoms with Crippen LogP contribution >= 0.6 is 0 Å². The molecule has 1 unspecified atom stereocenters. The summed E-state index contributed by atoms with van der Waals surface area (Å²) >= 11 is 0. The highest BCUT2D eigenvalue weighted by atomic mass is 16.2. The van der Waals surface area contributed by atoms with Gasteiger partial charge in [-0.3, -0.25) is 4.79 Å². The average molecular weight is 236 g/mol. The van der Waals surface area contributed by atoms with Crippen molar-refractivity contribution in [3.8, 4) is 0 Å². The molecule has 94 valence electrons. The molecule has 1 rings (SSSR count). The van der Waals surface area contributed by atoms with Gasteiger partial charge in [-0.05, 0) is 25.5 Å². The molecule has 0 aromatic carbocycles. The van der Waals surface area contributed by atoms with Crippen molar-refractivity contribution in [3.05, 3.63) is 17.8 Å². The van der Waals surface area contributed by atoms with Crippen molar-refractivity contribution in [1.29, 1.82) is 0 Å². The summed E-state index contributed by atoms with van der Waals surface area (Å²) in [7, 11) is 3.57. The van der Waals surface area contributed by atoms with Crippen LogP contribution in [0.1, 0.15) is 37.2 Å². The molecule has 5 heteroatoms. The molecular formula is C12H20N4O. The number of anilines is 1. The number of hydrogen-bond donors (Lipinski definition) is 1. The first-order chi connectivity index (χ1) is 8.10. The molecule has 1 amide bonds. The Morgan fingerprint density at radius 2 is 2.18 bits per heavy atom. The number of aromatic nitrogens is 2. The molecule has 0 bridgehead atoms. The summed E-state index contributed by atoms with van der Waals surface area (Å²) in [6.07, 6.45) is 2.05. The second-order valence-electron chi connectivity index (χ2n) is 4.11. The monoisotopic (exact) mass is 236 g/mol. The van der Waals surface area contributed by atoms with E-state index >= 15 is 0 Å². The average Bonchev–Trinajstić information content (AvgIpc) is 2.37. The van der Waals surface area contributed by atoms with Gasteiger partial charge in [0.1, 0.15) is 5.82 Å². The number of nitrogens with zero attached hydrogens (tertiary/aromatic N) is 3. The number of carbonyl (C=O) groups is 1. The van der Waals surface area contributed by atoms with Crippen LogP contribution in [0.4, 0.5) is 5.82 Å². The van der Waals surface area contributed by atoms with Crippen LogP contribution in [0.5, 0.6) is 0 Å². The third-order valence-electron chi connectivity index (χ3n) is 2.83. The Morgan fingerprint density at radius 3 is 2.65 bits per heavy atom. The Labute approximate surface area is 102 Å². The molecule has 17 heavy (non-hydrogen) atoms. The van der Waals surface area contributed by atoms with E-state index < -0.39 is 0 Å². The number of rotatable bonds is 5. The van der Waals surface area contributed by atoms with Gasteiger partial charge in [-0.2, -0.15) is 0 Å². The van der Waals surface area contributed by atoms with Gasteiger partial charge >= 0.3 is 0 Å². The van der Waals surface area contributed by atoms with Gasteiger partial charge in [0, 0.05) is 20.1 Å². The Hall–Kier alpha value is -1.65. The van der Waals surface area contributed by atoms with Gasteiger partial charge < -0.3 is 10.2 Å². The zero-order chi connectivity index (χ0) is 12.8. The zero-order valence-corrected chi connectivity index (χ0v) is 10.9. The minimum Gasteiger partial charge on any atom is -0.372 e. The topological polar surface area (TPSA) is 58.1 Å². The van der Waals surface area contributed by atoms with Gasteiger partial charge in [-0.25, -0.2) is 0 Å². The molecule has 0 saturated heterocycles. The van der Waals surface area contributed by atoms with E-state index in [-0.39, 0.29) is 11.9 Å². The van der Waals surface area contributed by atoms with E-state index in [2.05, 4.69) is 22.4 Å². The smallest absolute Gasteiger partial charge is 0.274 e. The minimum atomic E-state index is -0.0823. The van der Waals surface area contributed by atoms with E-state index in [1.165, 1.54) is 0 Å². The van der Waals surface area contributed by atoms with Gasteiger partial charge in [-0.15, -0.1) is 10.2 Å². The molecule has 0 aliphatic rings. The van der Waals surface area contributed by atoms with E-state index in [0.717, 1.165) is 12.8 Å². The first kappa shape index (κ1) is 13.4. The van der Waals surface area contributed by atoms with Crippen molar-refractivity contribution < 1.29 is 4.79 Å². The fourth-order valence-corrected chi connectivity index (χ4v) is 1.57. The van der Waals surface area contributed by atoms with Gasteiger partial charge in [0.15, 0.2) is 5.69 Å². The Kier molecular flexibility index (Phi) is 4.87. The summed E-state index contributed by atoms with van der Waals surface area (Å²) < 4.78 is 0. The molecule has 1 aromatic rings. The van der Waals surface area contributed by atoms with Crippen molar-refractivity contribution in [2.24, 2.45) is 0 Å². The van der Waals surface area contributed by atoms with Gasteiger partial charge in [0.05, 0.1) is 0 Å². The lowest BCUT2D eigenvalue weighted by Crippen LogP contribution is -2.35. The molecular weight excluding hydrogens is 216 g/mol. The standard InChI is InChI=1S/C12H20N4O/c1-5-6-9(2)16(4)12(17)10-7-8-11(13-3)15-14-10/h7-9H,5-6H2,1-4H3,(H,13,15). The van der Waals surface area contributed by atoms with E-state index in [4.69, 9.17) is 0 Å². The van der Waals surface area contributed by atoms with Gasteiger partial charge in [0.2, 0.25) is 0 Å². The maximum Gasteiger partial charge on any atom is 0.274 e. The highest BCUT2D eigenvalue weighted by Gasteiger charge is 2.18. The fraction of sp³-hybridized carbons (Fsp3) is 0.583. The van der Waals surface area contributed by atoms with Crippen molar-refractivity contribution >= 4 is 11.7 Å². The lowest BCUT2D eigenvalue weighted by molar-refractivity contribution is 0.0729. The lowest BCUT2D eigenvalue weighted by atomic mass is 10.1. The third kappa shape index (κ3) is 3.41. The Bertz CT molecular complexity index is 363. The highest BCUT2D eigenvalue weighted by Crippen LogP contribution is 2.09. The summed E-state index contributed by atoms with van der Waals surface area (Å²) in [6, 6.07) is 3.66. The Balaban J connectivity index is 2.74. The number of amides is 1. The zero-order valence-electron chi connectivity index (χ0n) is 10.9. The number of hydrogen-bond acceptors (Lipinski definition) is 4. The van der Waals surface area contributed by atoms with E-state index in [9.17, 15) is 4.79 Å². The largest absolute Gasteiger partial charge is 0.372 e. The molecule has 1 atom stereocenters. The van der Waals surface area contributed by atoms with Crippen LogP contribution in [-0.2, 0) is 0 Å². The van der Waals surface area contributed by atoms with Gasteiger partial charge in [-0.1, -0.05) is 13.3 Å². The Morgan fingerprint density at radius 1 is 1.47 bits per heavy atom. The second kappa shape index (κ2) is 6.18. The summed E-state index contributed by atoms with van der Waals surface area (Å²) in [5.41, 5.74) is 0.384. The summed E-state index contributed by atoms with van der Waals surface area (Å²) in [5, 5.41) is 10.7. The van der Waals surface area contributed by atoms with Crippen LogP contribution < -0.4 is 5.32 Å². The maximum absolute atomic E-state index is 12.1. The first-order valence-electron chi connectivity index (χ1n) is 5.88. The fourth-order valence-electron chi connectivity index (χ4n) is 1.57. The van der Waals surface area contributed by atoms with Crippen LogP contribution in [0, 0.1) is 0 Å². The first-order valence-corrected chi connectivity index (χ1v) is 5.88. The molecule has 0 fully saturated rings.